The van der Waals surface area contributed by atoms with Crippen LogP contribution in [0.25, 0.3) is 0 Å². The molecule has 126 valence electrons. The zero-order valence-corrected chi connectivity index (χ0v) is 13.1. The molecule has 2 N–H and O–H groups in total. The van der Waals surface area contributed by atoms with Crippen LogP contribution in [-0.4, -0.2) is 16.1 Å². The van der Waals surface area contributed by atoms with Gasteiger partial charge in [-0.2, -0.15) is 0 Å². The number of para-hydroxylation sites is 1. The number of benzene rings is 1. The molecular weight excluding hydrogens is 314 g/mol. The second kappa shape index (κ2) is 7.33. The van der Waals surface area contributed by atoms with Gasteiger partial charge in [0.05, 0.1) is 0 Å². The molecule has 0 aliphatic heterocycles. The Hall–Kier alpha value is -2.57. The predicted molar refractivity (Wildman–Crippen MR) is 86.9 cm³/mol. The molecule has 7 heteroatoms. The largest absolute Gasteiger partial charge is 0.334 e. The van der Waals surface area contributed by atoms with E-state index >= 15 is 0 Å². The molecular formula is C17H18F2N4O. The van der Waals surface area contributed by atoms with Crippen molar-refractivity contribution in [2.45, 2.75) is 32.1 Å². The van der Waals surface area contributed by atoms with Crippen molar-refractivity contribution in [3.63, 3.8) is 0 Å². The van der Waals surface area contributed by atoms with Gasteiger partial charge in [-0.25, -0.2) is 8.78 Å². The minimum absolute atomic E-state index is 0.0193. The summed E-state index contributed by atoms with van der Waals surface area (Å²) in [6.45, 7) is 0. The molecule has 1 saturated carbocycles. The van der Waals surface area contributed by atoms with E-state index in [-0.39, 0.29) is 23.3 Å². The lowest BCUT2D eigenvalue weighted by atomic mass is 9.89. The molecule has 1 amide bonds. The third-order valence-electron chi connectivity index (χ3n) is 4.11. The topological polar surface area (TPSA) is 66.9 Å². The summed E-state index contributed by atoms with van der Waals surface area (Å²) in [4.78, 5) is 12.1. The number of amides is 1. The van der Waals surface area contributed by atoms with E-state index < -0.39 is 11.6 Å². The van der Waals surface area contributed by atoms with E-state index in [1.165, 1.54) is 18.6 Å². The lowest BCUT2D eigenvalue weighted by Gasteiger charge is -2.20. The van der Waals surface area contributed by atoms with Crippen molar-refractivity contribution < 1.29 is 13.6 Å². The second-order valence-corrected chi connectivity index (χ2v) is 5.85. The first-order valence-corrected chi connectivity index (χ1v) is 7.99. The highest BCUT2D eigenvalue weighted by molar-refractivity contribution is 5.91. The van der Waals surface area contributed by atoms with Gasteiger partial charge in [0.15, 0.2) is 11.6 Å². The van der Waals surface area contributed by atoms with E-state index in [4.69, 9.17) is 0 Å². The molecule has 1 heterocycles. The zero-order valence-electron chi connectivity index (χ0n) is 13.1. The smallest absolute Gasteiger partial charge is 0.228 e. The van der Waals surface area contributed by atoms with Gasteiger partial charge in [0.25, 0.3) is 0 Å². The Morgan fingerprint density at radius 1 is 0.958 bits per heavy atom. The molecule has 1 aliphatic carbocycles. The maximum Gasteiger partial charge on any atom is 0.228 e. The van der Waals surface area contributed by atoms with Crippen LogP contribution in [0.3, 0.4) is 0 Å². The Kier molecular flexibility index (Phi) is 4.98. The highest BCUT2D eigenvalue weighted by Crippen LogP contribution is 2.25. The van der Waals surface area contributed by atoms with Crippen molar-refractivity contribution in [2.75, 3.05) is 10.6 Å². The summed E-state index contributed by atoms with van der Waals surface area (Å²) < 4.78 is 27.2. The van der Waals surface area contributed by atoms with Gasteiger partial charge in [-0.15, -0.1) is 10.2 Å². The van der Waals surface area contributed by atoms with Gasteiger partial charge in [0.1, 0.15) is 17.3 Å². The Balaban J connectivity index is 1.64. The molecule has 0 atom stereocenters. The number of anilines is 3. The molecule has 0 spiro atoms. The number of nitrogens with one attached hydrogen (secondary N) is 2. The summed E-state index contributed by atoms with van der Waals surface area (Å²) in [6, 6.07) is 6.64. The van der Waals surface area contributed by atoms with Gasteiger partial charge >= 0.3 is 0 Å². The Labute approximate surface area is 138 Å². The van der Waals surface area contributed by atoms with Crippen LogP contribution in [0, 0.1) is 17.6 Å². The number of carbonyl (C=O) groups excluding carboxylic acids is 1. The Morgan fingerprint density at radius 2 is 1.58 bits per heavy atom. The number of rotatable bonds is 4. The van der Waals surface area contributed by atoms with Gasteiger partial charge in [-0.05, 0) is 37.1 Å². The number of carbonyl (C=O) groups is 1. The maximum atomic E-state index is 13.6. The lowest BCUT2D eigenvalue weighted by molar-refractivity contribution is -0.120. The van der Waals surface area contributed by atoms with Crippen LogP contribution in [0.5, 0.6) is 0 Å². The third-order valence-corrected chi connectivity index (χ3v) is 4.11. The Bertz CT molecular complexity index is 695. The van der Waals surface area contributed by atoms with Gasteiger partial charge in [0.2, 0.25) is 5.91 Å². The number of nitrogens with zero attached hydrogens (tertiary/aromatic N) is 2. The lowest BCUT2D eigenvalue weighted by Crippen LogP contribution is -2.25. The Morgan fingerprint density at radius 3 is 2.21 bits per heavy atom. The third kappa shape index (κ3) is 3.84. The van der Waals surface area contributed by atoms with Crippen LogP contribution >= 0.6 is 0 Å². The molecule has 3 rings (SSSR count). The molecule has 1 aromatic heterocycles. The summed E-state index contributed by atoms with van der Waals surface area (Å²) >= 11 is 0. The van der Waals surface area contributed by atoms with Gasteiger partial charge in [-0.3, -0.25) is 4.79 Å². The maximum absolute atomic E-state index is 13.6. The zero-order chi connectivity index (χ0) is 16.9. The minimum Gasteiger partial charge on any atom is -0.334 e. The van der Waals surface area contributed by atoms with Gasteiger partial charge < -0.3 is 10.6 Å². The van der Waals surface area contributed by atoms with E-state index in [1.54, 1.807) is 6.07 Å². The fourth-order valence-electron chi connectivity index (χ4n) is 2.80. The van der Waals surface area contributed by atoms with E-state index in [0.29, 0.717) is 5.82 Å². The standard InChI is InChI=1S/C17H18F2N4O/c18-12-7-4-8-13(19)16(12)20-14-9-10-15(23-22-14)21-17(24)11-5-2-1-3-6-11/h4,7-11H,1-3,5-6H2,(H,20,22)(H,21,23,24). The van der Waals surface area contributed by atoms with E-state index in [1.807, 2.05) is 0 Å². The van der Waals surface area contributed by atoms with Crippen molar-refractivity contribution in [1.82, 2.24) is 10.2 Å². The minimum atomic E-state index is -0.716. The monoisotopic (exact) mass is 332 g/mol. The van der Waals surface area contributed by atoms with Crippen LogP contribution in [0.2, 0.25) is 0 Å². The van der Waals surface area contributed by atoms with Crippen molar-refractivity contribution in [3.8, 4) is 0 Å². The number of halogens is 2. The molecule has 5 nitrogen and oxygen atoms in total. The average molecular weight is 332 g/mol. The van der Waals surface area contributed by atoms with Crippen LogP contribution in [0.15, 0.2) is 30.3 Å². The number of hydrogen-bond acceptors (Lipinski definition) is 4. The summed E-state index contributed by atoms with van der Waals surface area (Å²) in [5.41, 5.74) is -0.286. The van der Waals surface area contributed by atoms with Crippen molar-refractivity contribution in [2.24, 2.45) is 5.92 Å². The van der Waals surface area contributed by atoms with Crippen molar-refractivity contribution >= 4 is 23.2 Å². The first kappa shape index (κ1) is 16.3. The molecule has 0 bridgehead atoms. The highest BCUT2D eigenvalue weighted by atomic mass is 19.1. The first-order valence-electron chi connectivity index (χ1n) is 7.99. The average Bonchev–Trinajstić information content (AvgIpc) is 2.60. The van der Waals surface area contributed by atoms with E-state index in [2.05, 4.69) is 20.8 Å². The molecule has 0 radical (unpaired) electrons. The number of aromatic nitrogens is 2. The van der Waals surface area contributed by atoms with Gasteiger partial charge in [0, 0.05) is 5.92 Å². The molecule has 1 aromatic carbocycles. The van der Waals surface area contributed by atoms with Crippen LogP contribution in [0.1, 0.15) is 32.1 Å². The number of hydrogen-bond donors (Lipinski definition) is 2. The van der Waals surface area contributed by atoms with Crippen LogP contribution < -0.4 is 10.6 Å². The SMILES string of the molecule is O=C(Nc1ccc(Nc2c(F)cccc2F)nn1)C1CCCCC1. The van der Waals surface area contributed by atoms with E-state index in [9.17, 15) is 13.6 Å². The van der Waals surface area contributed by atoms with Crippen molar-refractivity contribution in [3.05, 3.63) is 42.0 Å². The quantitative estimate of drug-likeness (QED) is 0.887. The highest BCUT2D eigenvalue weighted by Gasteiger charge is 2.21. The molecule has 24 heavy (non-hydrogen) atoms. The van der Waals surface area contributed by atoms with Crippen LogP contribution in [-0.2, 0) is 4.79 Å². The van der Waals surface area contributed by atoms with Crippen LogP contribution in [0.4, 0.5) is 26.1 Å². The van der Waals surface area contributed by atoms with Crippen molar-refractivity contribution in [1.29, 1.82) is 0 Å². The molecule has 2 aromatic rings. The summed E-state index contributed by atoms with van der Waals surface area (Å²) in [5, 5.41) is 13.0. The molecule has 1 aliphatic rings. The normalized spacial score (nSPS) is 15.1. The summed E-state index contributed by atoms with van der Waals surface area (Å²) in [7, 11) is 0. The first-order chi connectivity index (χ1) is 11.6. The fourth-order valence-corrected chi connectivity index (χ4v) is 2.80. The molecule has 1 fully saturated rings. The molecule has 0 unspecified atom stereocenters. The fraction of sp³-hybridized carbons (Fsp3) is 0.353. The van der Waals surface area contributed by atoms with E-state index in [0.717, 1.165) is 37.8 Å². The second-order valence-electron chi connectivity index (χ2n) is 5.85. The van der Waals surface area contributed by atoms with Gasteiger partial charge in [-0.1, -0.05) is 25.3 Å². The predicted octanol–water partition coefficient (Wildman–Crippen LogP) is 4.02. The molecule has 0 saturated heterocycles. The summed E-state index contributed by atoms with van der Waals surface area (Å²) in [6.07, 6.45) is 5.11. The summed E-state index contributed by atoms with van der Waals surface area (Å²) in [5.74, 6) is -0.950.